The largest absolute Gasteiger partial charge is 0.679 e. The lowest BCUT2D eigenvalue weighted by atomic mass is 9.69. The second kappa shape index (κ2) is 11.7. The Hall–Kier alpha value is -2.07. The molecule has 0 heterocycles. The summed E-state index contributed by atoms with van der Waals surface area (Å²) in [5, 5.41) is 0. The van der Waals surface area contributed by atoms with Crippen molar-refractivity contribution in [3.8, 4) is 0 Å². The van der Waals surface area contributed by atoms with E-state index in [0.29, 0.717) is 19.8 Å². The van der Waals surface area contributed by atoms with E-state index in [1.54, 1.807) is 0 Å². The fourth-order valence-electron chi connectivity index (χ4n) is 4.37. The molecule has 1 atom stereocenters. The molecule has 0 aliphatic rings. The Bertz CT molecular complexity index is 809. The molecular formula is C26H34O4Si2. The Morgan fingerprint density at radius 2 is 0.938 bits per heavy atom. The van der Waals surface area contributed by atoms with Crippen molar-refractivity contribution in [1.82, 2.24) is 0 Å². The maximum atomic E-state index is 6.82. The van der Waals surface area contributed by atoms with E-state index < -0.39 is 14.5 Å². The lowest BCUT2D eigenvalue weighted by Crippen LogP contribution is -2.56. The van der Waals surface area contributed by atoms with Gasteiger partial charge in [0.25, 0.3) is 0 Å². The first-order valence-corrected chi connectivity index (χ1v) is 14.2. The van der Waals surface area contributed by atoms with Gasteiger partial charge in [0.1, 0.15) is 0 Å². The van der Waals surface area contributed by atoms with Gasteiger partial charge in [0, 0.05) is 30.1 Å². The van der Waals surface area contributed by atoms with Crippen LogP contribution in [0.25, 0.3) is 0 Å². The van der Waals surface area contributed by atoms with Crippen LogP contribution in [0.2, 0.25) is 0 Å². The Balaban J connectivity index is 2.24. The highest BCUT2D eigenvalue weighted by molar-refractivity contribution is 6.54. The molecule has 0 saturated carbocycles. The van der Waals surface area contributed by atoms with Gasteiger partial charge in [-0.2, -0.15) is 0 Å². The van der Waals surface area contributed by atoms with Gasteiger partial charge in [-0.3, -0.25) is 0 Å². The highest BCUT2D eigenvalue weighted by Crippen LogP contribution is 2.43. The Labute approximate surface area is 196 Å². The minimum atomic E-state index is -3.33. The van der Waals surface area contributed by atoms with E-state index in [4.69, 9.17) is 17.7 Å². The first-order valence-electron chi connectivity index (χ1n) is 11.4. The first-order chi connectivity index (χ1) is 15.6. The third kappa shape index (κ3) is 5.12. The fraction of sp³-hybridized carbons (Fsp3) is 0.308. The van der Waals surface area contributed by atoms with Crippen molar-refractivity contribution in [2.45, 2.75) is 31.9 Å². The van der Waals surface area contributed by atoms with E-state index in [0.717, 1.165) is 10.2 Å². The highest BCUT2D eigenvalue weighted by atomic mass is 28.4. The zero-order chi connectivity index (χ0) is 22.9. The van der Waals surface area contributed by atoms with E-state index >= 15 is 0 Å². The lowest BCUT2D eigenvalue weighted by Gasteiger charge is -2.43. The summed E-state index contributed by atoms with van der Waals surface area (Å²) < 4.78 is 25.1. The molecule has 32 heavy (non-hydrogen) atoms. The van der Waals surface area contributed by atoms with Crippen LogP contribution in [0, 0.1) is 0 Å². The molecule has 1 unspecified atom stereocenters. The molecule has 0 radical (unpaired) electrons. The SMILES string of the molecule is CCO[Si](OCC)(OCC)OC([SiH3])C(c1ccccc1)(c1ccccc1)c1ccccc1. The van der Waals surface area contributed by atoms with Crippen LogP contribution in [-0.2, 0) is 23.1 Å². The standard InChI is InChI=1S/C26H34O4Si2/c1-4-27-32(28-5-2,29-6-3)30-25(31)26(22-16-10-7-11-17-22,23-18-12-8-13-19-23)24-20-14-9-15-21-24/h7-21,25H,4-6H2,1-3,31H3. The van der Waals surface area contributed by atoms with Gasteiger partial charge in [0.2, 0.25) is 0 Å². The summed E-state index contributed by atoms with van der Waals surface area (Å²) in [4.78, 5) is 0. The molecule has 0 bridgehead atoms. The molecule has 0 N–H and O–H groups in total. The third-order valence-corrected chi connectivity index (χ3v) is 9.72. The fourth-order valence-corrected chi connectivity index (χ4v) is 8.36. The molecule has 0 fully saturated rings. The Morgan fingerprint density at radius 3 is 1.22 bits per heavy atom. The molecule has 170 valence electrons. The van der Waals surface area contributed by atoms with E-state index in [1.165, 1.54) is 16.7 Å². The Morgan fingerprint density at radius 1 is 0.625 bits per heavy atom. The second-order valence-corrected chi connectivity index (χ2v) is 10.6. The minimum absolute atomic E-state index is 0.203. The van der Waals surface area contributed by atoms with Gasteiger partial charge in [-0.25, -0.2) is 0 Å². The normalized spacial score (nSPS) is 13.2. The van der Waals surface area contributed by atoms with Crippen LogP contribution in [0.4, 0.5) is 0 Å². The average molecular weight is 467 g/mol. The van der Waals surface area contributed by atoms with Crippen LogP contribution in [-0.4, -0.2) is 44.8 Å². The van der Waals surface area contributed by atoms with Crippen LogP contribution in [0.15, 0.2) is 91.0 Å². The van der Waals surface area contributed by atoms with Crippen molar-refractivity contribution >= 4 is 19.3 Å². The van der Waals surface area contributed by atoms with Gasteiger partial charge < -0.3 is 17.7 Å². The lowest BCUT2D eigenvalue weighted by molar-refractivity contribution is -0.0421. The van der Waals surface area contributed by atoms with Crippen LogP contribution in [0.3, 0.4) is 0 Å². The third-order valence-electron chi connectivity index (χ3n) is 5.58. The topological polar surface area (TPSA) is 36.9 Å². The van der Waals surface area contributed by atoms with Gasteiger partial charge in [-0.1, -0.05) is 91.0 Å². The van der Waals surface area contributed by atoms with Crippen molar-refractivity contribution < 1.29 is 17.7 Å². The number of hydrogen-bond acceptors (Lipinski definition) is 4. The van der Waals surface area contributed by atoms with E-state index in [9.17, 15) is 0 Å². The molecule has 3 aromatic carbocycles. The molecule has 0 spiro atoms. The molecule has 3 rings (SSSR count). The molecular weight excluding hydrogens is 432 g/mol. The van der Waals surface area contributed by atoms with Crippen LogP contribution >= 0.6 is 0 Å². The van der Waals surface area contributed by atoms with Gasteiger partial charge in [0.15, 0.2) is 0 Å². The predicted molar refractivity (Wildman–Crippen MR) is 135 cm³/mol. The molecule has 0 aliphatic carbocycles. The number of rotatable bonds is 12. The van der Waals surface area contributed by atoms with Crippen molar-refractivity contribution in [2.24, 2.45) is 0 Å². The van der Waals surface area contributed by atoms with E-state index in [1.807, 2.05) is 39.0 Å². The zero-order valence-electron chi connectivity index (χ0n) is 19.5. The van der Waals surface area contributed by atoms with Gasteiger partial charge in [-0.05, 0) is 37.5 Å². The minimum Gasteiger partial charge on any atom is -0.351 e. The maximum absolute atomic E-state index is 6.82. The summed E-state index contributed by atoms with van der Waals surface area (Å²) in [6, 6.07) is 31.7. The highest BCUT2D eigenvalue weighted by Gasteiger charge is 2.52. The zero-order valence-corrected chi connectivity index (χ0v) is 22.5. The summed E-state index contributed by atoms with van der Waals surface area (Å²) in [6.45, 7) is 7.25. The van der Waals surface area contributed by atoms with Crippen LogP contribution in [0.1, 0.15) is 37.5 Å². The van der Waals surface area contributed by atoms with Gasteiger partial charge >= 0.3 is 9.05 Å². The summed E-state index contributed by atoms with van der Waals surface area (Å²) in [5.41, 5.74) is 2.78. The van der Waals surface area contributed by atoms with E-state index in [-0.39, 0.29) is 5.73 Å². The quantitative estimate of drug-likeness (QED) is 0.295. The van der Waals surface area contributed by atoms with Crippen LogP contribution < -0.4 is 0 Å². The second-order valence-electron chi connectivity index (χ2n) is 7.47. The molecule has 4 nitrogen and oxygen atoms in total. The summed E-state index contributed by atoms with van der Waals surface area (Å²) >= 11 is 0. The predicted octanol–water partition coefficient (Wildman–Crippen LogP) is 4.27. The molecule has 3 aromatic rings. The van der Waals surface area contributed by atoms with Crippen LogP contribution in [0.5, 0.6) is 0 Å². The molecule has 0 aliphatic heterocycles. The van der Waals surface area contributed by atoms with Gasteiger partial charge in [-0.15, -0.1) is 0 Å². The summed E-state index contributed by atoms with van der Waals surface area (Å²) in [7, 11) is -2.61. The monoisotopic (exact) mass is 466 g/mol. The molecule has 0 aromatic heterocycles. The number of hydrogen-bond donors (Lipinski definition) is 0. The van der Waals surface area contributed by atoms with Crippen molar-refractivity contribution in [1.29, 1.82) is 0 Å². The van der Waals surface area contributed by atoms with Crippen molar-refractivity contribution in [3.63, 3.8) is 0 Å². The van der Waals surface area contributed by atoms with E-state index in [2.05, 4.69) is 72.8 Å². The maximum Gasteiger partial charge on any atom is 0.679 e. The van der Waals surface area contributed by atoms with Crippen molar-refractivity contribution in [2.75, 3.05) is 19.8 Å². The molecule has 0 saturated heterocycles. The number of benzene rings is 3. The molecule has 6 heteroatoms. The summed E-state index contributed by atoms with van der Waals surface area (Å²) in [6.07, 6.45) is 0. The first kappa shape index (κ1) is 24.6. The average Bonchev–Trinajstić information content (AvgIpc) is 2.82. The van der Waals surface area contributed by atoms with Gasteiger partial charge in [0.05, 0.1) is 11.1 Å². The summed E-state index contributed by atoms with van der Waals surface area (Å²) in [5.74, 6) is 0. The van der Waals surface area contributed by atoms with Crippen molar-refractivity contribution in [3.05, 3.63) is 108 Å². The smallest absolute Gasteiger partial charge is 0.351 e. The molecule has 0 amide bonds. The Kier molecular flexibility index (Phi) is 8.98.